The lowest BCUT2D eigenvalue weighted by Gasteiger charge is -2.29. The zero-order valence-electron chi connectivity index (χ0n) is 19.5. The number of aromatic nitrogens is 5. The van der Waals surface area contributed by atoms with Gasteiger partial charge in [0.1, 0.15) is 28.5 Å². The number of nitrogens with zero attached hydrogens (tertiary/aromatic N) is 5. The van der Waals surface area contributed by atoms with E-state index in [0.717, 1.165) is 30.5 Å². The Hall–Kier alpha value is -3.40. The molecule has 4 aromatic rings. The van der Waals surface area contributed by atoms with E-state index >= 15 is 0 Å². The number of hydrogen-bond acceptors (Lipinski definition) is 5. The number of rotatable bonds is 5. The van der Waals surface area contributed by atoms with Crippen LogP contribution in [0.1, 0.15) is 72.8 Å². The van der Waals surface area contributed by atoms with Gasteiger partial charge >= 0.3 is 0 Å². The third kappa shape index (κ3) is 4.23. The van der Waals surface area contributed by atoms with E-state index in [1.165, 1.54) is 13.0 Å². The van der Waals surface area contributed by atoms with E-state index in [4.69, 9.17) is 9.72 Å². The molecule has 4 heterocycles. The number of benzene rings is 1. The van der Waals surface area contributed by atoms with Gasteiger partial charge in [0.25, 0.3) is 6.43 Å². The Balaban J connectivity index is 1.43. The quantitative estimate of drug-likeness (QED) is 0.299. The van der Waals surface area contributed by atoms with Gasteiger partial charge in [0.05, 0.1) is 29.6 Å². The molecule has 2 fully saturated rings. The van der Waals surface area contributed by atoms with Crippen LogP contribution in [0.15, 0.2) is 36.7 Å². The molecule has 6 nitrogen and oxygen atoms in total. The Morgan fingerprint density at radius 3 is 2.64 bits per heavy atom. The van der Waals surface area contributed by atoms with Crippen molar-refractivity contribution in [1.82, 2.24) is 24.7 Å². The fraction of sp³-hybridized carbons (Fsp3) is 0.385. The summed E-state index contributed by atoms with van der Waals surface area (Å²) in [4.78, 5) is 13.2. The van der Waals surface area contributed by atoms with Crippen LogP contribution in [0.2, 0.25) is 0 Å². The molecule has 36 heavy (non-hydrogen) atoms. The van der Waals surface area contributed by atoms with Crippen LogP contribution < -0.4 is 0 Å². The van der Waals surface area contributed by atoms with E-state index in [-0.39, 0.29) is 34.5 Å². The smallest absolute Gasteiger partial charge is 0.282 e. The van der Waals surface area contributed by atoms with E-state index < -0.39 is 23.8 Å². The summed E-state index contributed by atoms with van der Waals surface area (Å²) < 4.78 is 63.6. The minimum absolute atomic E-state index is 0.0176. The van der Waals surface area contributed by atoms with Crippen molar-refractivity contribution in [2.24, 2.45) is 0 Å². The fourth-order valence-electron chi connectivity index (χ4n) is 4.82. The molecule has 0 unspecified atom stereocenters. The zero-order chi connectivity index (χ0) is 25.0. The molecule has 0 amide bonds. The SMILES string of the molecule is Cc1nc2cc([C@@H]3CCO[C@@H](c4cnn(C5CC5)c4)C3)nc(-c3ccc(F)cc3F)c2nc1C(F)F. The van der Waals surface area contributed by atoms with E-state index in [1.807, 2.05) is 17.1 Å². The van der Waals surface area contributed by atoms with Gasteiger partial charge in [-0.2, -0.15) is 5.10 Å². The Labute approximate surface area is 204 Å². The summed E-state index contributed by atoms with van der Waals surface area (Å²) in [5.74, 6) is -1.64. The molecule has 0 radical (unpaired) electrons. The highest BCUT2D eigenvalue weighted by Gasteiger charge is 2.31. The summed E-state index contributed by atoms with van der Waals surface area (Å²) >= 11 is 0. The van der Waals surface area contributed by atoms with Crippen molar-refractivity contribution in [3.8, 4) is 11.3 Å². The number of hydrogen-bond donors (Lipinski definition) is 0. The largest absolute Gasteiger partial charge is 0.373 e. The topological polar surface area (TPSA) is 65.7 Å². The number of alkyl halides is 2. The van der Waals surface area contributed by atoms with Crippen LogP contribution in [-0.2, 0) is 4.74 Å². The van der Waals surface area contributed by atoms with Crippen molar-refractivity contribution >= 4 is 11.0 Å². The average molecular weight is 497 g/mol. The highest BCUT2D eigenvalue weighted by atomic mass is 19.3. The Kier molecular flexibility index (Phi) is 5.70. The molecule has 10 heteroatoms. The van der Waals surface area contributed by atoms with Crippen LogP contribution >= 0.6 is 0 Å². The van der Waals surface area contributed by atoms with Crippen LogP contribution in [0.3, 0.4) is 0 Å². The highest BCUT2D eigenvalue weighted by Crippen LogP contribution is 2.41. The van der Waals surface area contributed by atoms with Crippen molar-refractivity contribution in [2.75, 3.05) is 6.61 Å². The van der Waals surface area contributed by atoms with Crippen LogP contribution in [0.25, 0.3) is 22.3 Å². The lowest BCUT2D eigenvalue weighted by atomic mass is 9.89. The van der Waals surface area contributed by atoms with E-state index in [2.05, 4.69) is 15.1 Å². The second-order valence-corrected chi connectivity index (χ2v) is 9.45. The molecule has 0 bridgehead atoms. The molecule has 0 N–H and O–H groups in total. The molecule has 3 aromatic heterocycles. The van der Waals surface area contributed by atoms with E-state index in [1.54, 1.807) is 6.07 Å². The Morgan fingerprint density at radius 2 is 1.89 bits per heavy atom. The molecular formula is C26H23F4N5O. The lowest BCUT2D eigenvalue weighted by Crippen LogP contribution is -2.19. The van der Waals surface area contributed by atoms with Crippen LogP contribution in [0, 0.1) is 18.6 Å². The third-order valence-corrected chi connectivity index (χ3v) is 6.89. The van der Waals surface area contributed by atoms with Crippen LogP contribution in [0.4, 0.5) is 17.6 Å². The van der Waals surface area contributed by atoms with E-state index in [9.17, 15) is 17.6 Å². The Morgan fingerprint density at radius 1 is 1.06 bits per heavy atom. The molecule has 2 atom stereocenters. The summed E-state index contributed by atoms with van der Waals surface area (Å²) in [5, 5.41) is 4.46. The maximum absolute atomic E-state index is 14.8. The summed E-state index contributed by atoms with van der Waals surface area (Å²) in [5.41, 5.74) is 1.69. The number of halogens is 4. The first-order valence-corrected chi connectivity index (χ1v) is 12.0. The van der Waals surface area contributed by atoms with Crippen molar-refractivity contribution in [3.63, 3.8) is 0 Å². The molecule has 1 saturated carbocycles. The monoisotopic (exact) mass is 497 g/mol. The fourth-order valence-corrected chi connectivity index (χ4v) is 4.82. The van der Waals surface area contributed by atoms with Gasteiger partial charge in [-0.05, 0) is 50.8 Å². The summed E-state index contributed by atoms with van der Waals surface area (Å²) in [6, 6.07) is 5.30. The van der Waals surface area contributed by atoms with Crippen LogP contribution in [-0.4, -0.2) is 31.3 Å². The second kappa shape index (κ2) is 8.92. The Bertz CT molecular complexity index is 1450. The summed E-state index contributed by atoms with van der Waals surface area (Å²) in [7, 11) is 0. The molecule has 0 spiro atoms. The maximum Gasteiger partial charge on any atom is 0.282 e. The number of pyridine rings is 1. The van der Waals surface area contributed by atoms with Gasteiger partial charge in [0, 0.05) is 41.6 Å². The van der Waals surface area contributed by atoms with Gasteiger partial charge in [-0.15, -0.1) is 0 Å². The number of ether oxygens (including phenoxy) is 1. The zero-order valence-corrected chi connectivity index (χ0v) is 19.5. The van der Waals surface area contributed by atoms with Gasteiger partial charge in [-0.1, -0.05) is 0 Å². The van der Waals surface area contributed by atoms with Gasteiger partial charge in [-0.25, -0.2) is 32.5 Å². The summed E-state index contributed by atoms with van der Waals surface area (Å²) in [6.07, 6.45) is 4.41. The average Bonchev–Trinajstić information content (AvgIpc) is 3.59. The predicted molar refractivity (Wildman–Crippen MR) is 124 cm³/mol. The predicted octanol–water partition coefficient (Wildman–Crippen LogP) is 6.38. The molecule has 186 valence electrons. The maximum atomic E-state index is 14.8. The van der Waals surface area contributed by atoms with Gasteiger partial charge < -0.3 is 4.74 Å². The molecule has 1 aliphatic heterocycles. The molecule has 6 rings (SSSR count). The van der Waals surface area contributed by atoms with Crippen molar-refractivity contribution in [1.29, 1.82) is 0 Å². The molecule has 1 aromatic carbocycles. The number of aryl methyl sites for hydroxylation is 1. The molecular weight excluding hydrogens is 474 g/mol. The highest BCUT2D eigenvalue weighted by molar-refractivity contribution is 5.89. The van der Waals surface area contributed by atoms with E-state index in [0.29, 0.717) is 36.7 Å². The van der Waals surface area contributed by atoms with Gasteiger partial charge in [0.15, 0.2) is 0 Å². The lowest BCUT2D eigenvalue weighted by molar-refractivity contribution is 0.00462. The minimum atomic E-state index is -2.85. The van der Waals surface area contributed by atoms with Gasteiger partial charge in [0.2, 0.25) is 0 Å². The normalized spacial score (nSPS) is 20.4. The molecule has 2 aliphatic rings. The first kappa shape index (κ1) is 23.0. The molecule has 1 saturated heterocycles. The summed E-state index contributed by atoms with van der Waals surface area (Å²) in [6.45, 7) is 1.97. The van der Waals surface area contributed by atoms with Crippen LogP contribution in [0.5, 0.6) is 0 Å². The van der Waals surface area contributed by atoms with Gasteiger partial charge in [-0.3, -0.25) is 4.68 Å². The standard InChI is InChI=1S/C26H23F4N5O/c1-13-23(26(29)30)34-25-21(32-13)10-20(33-24(25)18-5-2-16(27)9-19(18)28)14-6-7-36-22(8-14)15-11-31-35(12-15)17-3-4-17/h2,5,9-12,14,17,22,26H,3-4,6-8H2,1H3/t14-,22-/m1/s1. The van der Waals surface area contributed by atoms with Crippen molar-refractivity contribution in [2.45, 2.75) is 57.1 Å². The first-order valence-electron chi connectivity index (χ1n) is 12.0. The molecule has 1 aliphatic carbocycles. The van der Waals surface area contributed by atoms with Crippen molar-refractivity contribution < 1.29 is 22.3 Å². The third-order valence-electron chi connectivity index (χ3n) is 6.89. The second-order valence-electron chi connectivity index (χ2n) is 9.45. The minimum Gasteiger partial charge on any atom is -0.373 e. The number of fused-ring (bicyclic) bond motifs is 1. The van der Waals surface area contributed by atoms with Crippen molar-refractivity contribution in [3.05, 3.63) is 70.9 Å². The first-order chi connectivity index (χ1) is 17.4.